The molecule has 1 N–H and O–H groups in total. The second-order valence-electron chi connectivity index (χ2n) is 7.36. The number of rotatable bonds is 4. The maximum absolute atomic E-state index is 13.4. The van der Waals surface area contributed by atoms with Gasteiger partial charge in [-0.25, -0.2) is 9.18 Å². The zero-order chi connectivity index (χ0) is 17.8. The molecule has 4 nitrogen and oxygen atoms in total. The Balaban J connectivity index is 2.68. The van der Waals surface area contributed by atoms with Crippen LogP contribution in [0.3, 0.4) is 0 Å². The highest BCUT2D eigenvalue weighted by atomic mass is 35.5. The first-order valence-corrected chi connectivity index (χ1v) is 7.97. The molecule has 6 heteroatoms. The van der Waals surface area contributed by atoms with Crippen LogP contribution in [0.15, 0.2) is 18.2 Å². The minimum atomic E-state index is -0.548. The van der Waals surface area contributed by atoms with E-state index in [1.165, 1.54) is 12.1 Å². The van der Waals surface area contributed by atoms with Crippen molar-refractivity contribution in [1.29, 1.82) is 0 Å². The number of amides is 1. The number of nitrogens with zero attached hydrogens (tertiary/aromatic N) is 1. The Morgan fingerprint density at radius 1 is 1.26 bits per heavy atom. The summed E-state index contributed by atoms with van der Waals surface area (Å²) in [6, 6.07) is 4.52. The predicted molar refractivity (Wildman–Crippen MR) is 92.6 cm³/mol. The van der Waals surface area contributed by atoms with Crippen molar-refractivity contribution in [2.45, 2.75) is 52.7 Å². The number of carbonyl (C=O) groups is 1. The van der Waals surface area contributed by atoms with E-state index >= 15 is 0 Å². The van der Waals surface area contributed by atoms with E-state index in [9.17, 15) is 9.18 Å². The summed E-state index contributed by atoms with van der Waals surface area (Å²) in [5.74, 6) is -0.475. The number of nitrogens with one attached hydrogen (secondary N) is 1. The smallest absolute Gasteiger partial charge is 0.410 e. The molecule has 0 unspecified atom stereocenters. The molecule has 0 saturated heterocycles. The number of benzene rings is 1. The highest BCUT2D eigenvalue weighted by Crippen LogP contribution is 2.20. The Kier molecular flexibility index (Phi) is 6.28. The molecular formula is C17H26ClFN2O2. The summed E-state index contributed by atoms with van der Waals surface area (Å²) < 4.78 is 18.9. The lowest BCUT2D eigenvalue weighted by Crippen LogP contribution is -2.49. The molecule has 0 heterocycles. The zero-order valence-electron chi connectivity index (χ0n) is 14.7. The van der Waals surface area contributed by atoms with Crippen LogP contribution in [0.1, 0.15) is 41.5 Å². The van der Waals surface area contributed by atoms with Gasteiger partial charge in [-0.3, -0.25) is 0 Å². The summed E-state index contributed by atoms with van der Waals surface area (Å²) in [6.45, 7) is 12.2. The Morgan fingerprint density at radius 2 is 1.87 bits per heavy atom. The number of anilines is 1. The summed E-state index contributed by atoms with van der Waals surface area (Å²) >= 11 is 5.66. The number of hydrogen-bond acceptors (Lipinski definition) is 3. The first-order chi connectivity index (χ1) is 10.4. The molecule has 0 spiro atoms. The van der Waals surface area contributed by atoms with Crippen LogP contribution in [0, 0.1) is 5.82 Å². The Morgan fingerprint density at radius 3 is 2.35 bits per heavy atom. The van der Waals surface area contributed by atoms with Crippen LogP contribution in [0.4, 0.5) is 14.9 Å². The molecule has 130 valence electrons. The highest BCUT2D eigenvalue weighted by Gasteiger charge is 2.30. The van der Waals surface area contributed by atoms with Crippen LogP contribution in [-0.2, 0) is 4.74 Å². The summed E-state index contributed by atoms with van der Waals surface area (Å²) in [6.07, 6.45) is -0.367. The number of hydrogen-bond donors (Lipinski definition) is 1. The lowest BCUT2D eigenvalue weighted by atomic mass is 10.1. The van der Waals surface area contributed by atoms with Crippen LogP contribution in [0.2, 0.25) is 5.02 Å². The molecule has 0 saturated carbocycles. The fourth-order valence-electron chi connectivity index (χ4n) is 1.94. The van der Waals surface area contributed by atoms with Crippen molar-refractivity contribution in [1.82, 2.24) is 4.90 Å². The molecule has 1 aromatic rings. The second kappa shape index (κ2) is 7.39. The Labute approximate surface area is 142 Å². The maximum atomic E-state index is 13.4. The van der Waals surface area contributed by atoms with Gasteiger partial charge in [0.1, 0.15) is 11.4 Å². The quantitative estimate of drug-likeness (QED) is 0.842. The predicted octanol–water partition coefficient (Wildman–Crippen LogP) is 4.93. The van der Waals surface area contributed by atoms with Gasteiger partial charge in [0.2, 0.25) is 0 Å². The monoisotopic (exact) mass is 344 g/mol. The highest BCUT2D eigenvalue weighted by molar-refractivity contribution is 6.30. The van der Waals surface area contributed by atoms with Crippen molar-refractivity contribution in [2.24, 2.45) is 0 Å². The summed E-state index contributed by atoms with van der Waals surface area (Å²) in [5, 5.41) is 3.17. The van der Waals surface area contributed by atoms with Crippen molar-refractivity contribution < 1.29 is 13.9 Å². The third-order valence-corrected chi connectivity index (χ3v) is 3.31. The van der Waals surface area contributed by atoms with Gasteiger partial charge in [0.15, 0.2) is 0 Å². The molecule has 0 radical (unpaired) electrons. The van der Waals surface area contributed by atoms with E-state index in [2.05, 4.69) is 5.32 Å². The average molecular weight is 345 g/mol. The summed E-state index contributed by atoms with van der Waals surface area (Å²) in [4.78, 5) is 14.0. The van der Waals surface area contributed by atoms with Crippen LogP contribution in [0.5, 0.6) is 0 Å². The van der Waals surface area contributed by atoms with E-state index in [-0.39, 0.29) is 16.7 Å². The van der Waals surface area contributed by atoms with Gasteiger partial charge in [0.05, 0.1) is 5.02 Å². The third kappa shape index (κ3) is 6.65. The minimum Gasteiger partial charge on any atom is -0.444 e. The van der Waals surface area contributed by atoms with Crippen molar-refractivity contribution in [3.05, 3.63) is 29.0 Å². The zero-order valence-corrected chi connectivity index (χ0v) is 15.4. The molecule has 23 heavy (non-hydrogen) atoms. The molecule has 1 aromatic carbocycles. The molecule has 0 fully saturated rings. The van der Waals surface area contributed by atoms with Crippen LogP contribution >= 0.6 is 11.6 Å². The average Bonchev–Trinajstić information content (AvgIpc) is 2.35. The van der Waals surface area contributed by atoms with Crippen molar-refractivity contribution >= 4 is 23.4 Å². The molecule has 0 aliphatic carbocycles. The van der Waals surface area contributed by atoms with Crippen molar-refractivity contribution in [3.63, 3.8) is 0 Å². The largest absolute Gasteiger partial charge is 0.444 e. The van der Waals surface area contributed by atoms with Gasteiger partial charge in [-0.2, -0.15) is 0 Å². The van der Waals surface area contributed by atoms with Gasteiger partial charge in [-0.05, 0) is 59.7 Å². The second-order valence-corrected chi connectivity index (χ2v) is 7.77. The molecule has 1 amide bonds. The van der Waals surface area contributed by atoms with Gasteiger partial charge >= 0.3 is 6.09 Å². The van der Waals surface area contributed by atoms with E-state index in [4.69, 9.17) is 16.3 Å². The number of carbonyl (C=O) groups excluding carboxylic acids is 1. The third-order valence-electron chi connectivity index (χ3n) is 3.01. The number of halogens is 2. The van der Waals surface area contributed by atoms with Crippen LogP contribution in [0.25, 0.3) is 0 Å². The molecule has 0 bridgehead atoms. The van der Waals surface area contributed by atoms with E-state index in [1.807, 2.05) is 41.5 Å². The van der Waals surface area contributed by atoms with Gasteiger partial charge in [0, 0.05) is 24.3 Å². The number of ether oxygens (including phenoxy) is 1. The lowest BCUT2D eigenvalue weighted by Gasteiger charge is -2.37. The summed E-state index contributed by atoms with van der Waals surface area (Å²) in [5.41, 5.74) is -0.312. The van der Waals surface area contributed by atoms with Gasteiger partial charge in [-0.1, -0.05) is 11.6 Å². The molecule has 1 rings (SSSR count). The molecule has 0 aliphatic rings. The van der Waals surface area contributed by atoms with E-state index in [1.54, 1.807) is 11.0 Å². The first-order valence-electron chi connectivity index (χ1n) is 7.60. The van der Waals surface area contributed by atoms with Gasteiger partial charge in [-0.15, -0.1) is 0 Å². The van der Waals surface area contributed by atoms with E-state index < -0.39 is 11.4 Å². The van der Waals surface area contributed by atoms with Crippen LogP contribution in [-0.4, -0.2) is 35.2 Å². The normalized spacial score (nSPS) is 12.0. The van der Waals surface area contributed by atoms with Crippen LogP contribution < -0.4 is 5.32 Å². The fourth-order valence-corrected chi connectivity index (χ4v) is 2.05. The van der Waals surface area contributed by atoms with Gasteiger partial charge < -0.3 is 15.0 Å². The maximum Gasteiger partial charge on any atom is 0.410 e. The van der Waals surface area contributed by atoms with Gasteiger partial charge in [0.25, 0.3) is 0 Å². The standard InChI is InChI=1S/C17H26ClFN2O2/c1-16(2,3)21(15(22)23-17(4,5)6)10-9-20-12-7-8-13(18)14(19)11-12/h7-8,11,20H,9-10H2,1-6H3. The topological polar surface area (TPSA) is 41.6 Å². The first kappa shape index (κ1) is 19.6. The Hall–Kier alpha value is -1.49. The van der Waals surface area contributed by atoms with E-state index in [0.717, 1.165) is 0 Å². The molecule has 0 atom stereocenters. The molecule has 0 aromatic heterocycles. The minimum absolute atomic E-state index is 0.0839. The van der Waals surface area contributed by atoms with Crippen molar-refractivity contribution in [3.8, 4) is 0 Å². The fraction of sp³-hybridized carbons (Fsp3) is 0.588. The summed E-state index contributed by atoms with van der Waals surface area (Å²) in [7, 11) is 0. The molecular weight excluding hydrogens is 319 g/mol. The van der Waals surface area contributed by atoms with Crippen molar-refractivity contribution in [2.75, 3.05) is 18.4 Å². The molecule has 0 aliphatic heterocycles. The lowest BCUT2D eigenvalue weighted by molar-refractivity contribution is 0.00749. The SMILES string of the molecule is CC(C)(C)OC(=O)N(CCNc1ccc(Cl)c(F)c1)C(C)(C)C. The Bertz CT molecular complexity index is 551. The van der Waals surface area contributed by atoms with E-state index in [0.29, 0.717) is 18.8 Å².